The zero-order valence-electron chi connectivity index (χ0n) is 23.0. The first-order chi connectivity index (χ1) is 19.7. The molecule has 8 nitrogen and oxygen atoms in total. The van der Waals surface area contributed by atoms with Crippen molar-refractivity contribution in [3.63, 3.8) is 0 Å². The summed E-state index contributed by atoms with van der Waals surface area (Å²) in [5.74, 6) is -0.239. The van der Waals surface area contributed by atoms with Crippen LogP contribution in [0.1, 0.15) is 31.0 Å². The molecule has 2 aliphatic heterocycles. The predicted octanol–water partition coefficient (Wildman–Crippen LogP) is 5.26. The molecule has 0 spiro atoms. The van der Waals surface area contributed by atoms with E-state index < -0.39 is 17.3 Å². The average Bonchev–Trinajstić information content (AvgIpc) is 3.36. The number of nitriles is 1. The number of aromatic nitrogens is 1. The molecule has 2 atom stereocenters. The molecule has 0 aliphatic carbocycles. The summed E-state index contributed by atoms with van der Waals surface area (Å²) in [6.45, 7) is 4.26. The van der Waals surface area contributed by atoms with Crippen LogP contribution in [-0.2, 0) is 10.2 Å². The van der Waals surface area contributed by atoms with Crippen molar-refractivity contribution in [3.8, 4) is 11.8 Å². The van der Waals surface area contributed by atoms with Gasteiger partial charge in [0.1, 0.15) is 23.3 Å². The third-order valence-corrected chi connectivity index (χ3v) is 8.56. The highest BCUT2D eigenvalue weighted by Crippen LogP contribution is 2.39. The smallest absolute Gasteiger partial charge is 0.410 e. The Bertz CT molecular complexity index is 1440. The van der Waals surface area contributed by atoms with Crippen molar-refractivity contribution >= 4 is 29.3 Å². The fraction of sp³-hybridized carbons (Fsp3) is 0.355. The topological polar surface area (TPSA) is 89.8 Å². The van der Waals surface area contributed by atoms with Gasteiger partial charge in [-0.25, -0.2) is 14.2 Å². The standard InChI is InChI=1S/C31H31ClFN5O3/c1-31(22-3-5-23(32)6-4-22)20-38(19-28(31)36(2)30(40)41-27-11-7-24(33)8-12-27)29(39)21-13-15-37(16-14-21)26-10-9-25(17-34)35-18-26/h3-12,18,21,28H,13-16,19-20H2,1-2H3/t28-,31+/m1/s1. The van der Waals surface area contributed by atoms with Crippen LogP contribution in [0.25, 0.3) is 0 Å². The molecule has 2 fully saturated rings. The number of likely N-dealkylation sites (tertiary alicyclic amines) is 1. The Morgan fingerprint density at radius 2 is 1.78 bits per heavy atom. The van der Waals surface area contributed by atoms with Gasteiger partial charge in [-0.05, 0) is 66.9 Å². The lowest BCUT2D eigenvalue weighted by atomic mass is 9.77. The van der Waals surface area contributed by atoms with E-state index in [0.29, 0.717) is 49.7 Å². The number of rotatable bonds is 5. The summed E-state index contributed by atoms with van der Waals surface area (Å²) in [4.78, 5) is 36.8. The molecule has 5 rings (SSSR count). The Morgan fingerprint density at radius 3 is 2.39 bits per heavy atom. The van der Waals surface area contributed by atoms with E-state index in [1.165, 1.54) is 29.2 Å². The minimum atomic E-state index is -0.583. The predicted molar refractivity (Wildman–Crippen MR) is 153 cm³/mol. The lowest BCUT2D eigenvalue weighted by Crippen LogP contribution is -2.50. The van der Waals surface area contributed by atoms with Crippen LogP contribution in [0.5, 0.6) is 5.75 Å². The number of pyridine rings is 1. The Kier molecular flexibility index (Phi) is 8.13. The molecule has 2 aliphatic rings. The van der Waals surface area contributed by atoms with Crippen molar-refractivity contribution in [1.29, 1.82) is 5.26 Å². The quantitative estimate of drug-likeness (QED) is 0.412. The van der Waals surface area contributed by atoms with Crippen LogP contribution in [0.3, 0.4) is 0 Å². The fourth-order valence-corrected chi connectivity index (χ4v) is 6.02. The second-order valence-corrected chi connectivity index (χ2v) is 11.3. The van der Waals surface area contributed by atoms with Crippen LogP contribution < -0.4 is 9.64 Å². The highest BCUT2D eigenvalue weighted by atomic mass is 35.5. The summed E-state index contributed by atoms with van der Waals surface area (Å²) >= 11 is 6.17. The first-order valence-corrected chi connectivity index (χ1v) is 13.9. The van der Waals surface area contributed by atoms with Crippen LogP contribution in [0.2, 0.25) is 5.02 Å². The lowest BCUT2D eigenvalue weighted by molar-refractivity contribution is -0.135. The lowest BCUT2D eigenvalue weighted by Gasteiger charge is -2.36. The second kappa shape index (κ2) is 11.8. The number of likely N-dealkylation sites (N-methyl/N-ethyl adjacent to an activating group) is 1. The van der Waals surface area contributed by atoms with Gasteiger partial charge in [0.2, 0.25) is 5.91 Å². The molecule has 2 amide bonds. The van der Waals surface area contributed by atoms with E-state index in [0.717, 1.165) is 11.3 Å². The van der Waals surface area contributed by atoms with E-state index in [2.05, 4.69) is 16.8 Å². The molecule has 3 heterocycles. The summed E-state index contributed by atoms with van der Waals surface area (Å²) in [7, 11) is 1.67. The Balaban J connectivity index is 1.31. The van der Waals surface area contributed by atoms with Crippen LogP contribution >= 0.6 is 11.6 Å². The van der Waals surface area contributed by atoms with E-state index in [1.54, 1.807) is 19.3 Å². The third-order valence-electron chi connectivity index (χ3n) is 8.31. The van der Waals surface area contributed by atoms with Crippen molar-refractivity contribution in [3.05, 3.63) is 89.0 Å². The molecule has 2 aromatic carbocycles. The minimum Gasteiger partial charge on any atom is -0.410 e. The number of carbonyl (C=O) groups is 2. The van der Waals surface area contributed by atoms with Crippen LogP contribution in [-0.4, -0.2) is 66.1 Å². The van der Waals surface area contributed by atoms with Gasteiger partial charge in [0.15, 0.2) is 0 Å². The summed E-state index contributed by atoms with van der Waals surface area (Å²) in [5, 5.41) is 9.61. The van der Waals surface area contributed by atoms with Gasteiger partial charge in [-0.3, -0.25) is 4.79 Å². The van der Waals surface area contributed by atoms with Crippen LogP contribution in [0.4, 0.5) is 14.9 Å². The maximum atomic E-state index is 13.8. The highest BCUT2D eigenvalue weighted by molar-refractivity contribution is 6.30. The molecule has 10 heteroatoms. The van der Waals surface area contributed by atoms with Crippen molar-refractivity contribution in [2.24, 2.45) is 5.92 Å². The van der Waals surface area contributed by atoms with Crippen molar-refractivity contribution in [1.82, 2.24) is 14.8 Å². The molecule has 41 heavy (non-hydrogen) atoms. The fourth-order valence-electron chi connectivity index (χ4n) is 5.89. The van der Waals surface area contributed by atoms with Gasteiger partial charge in [-0.15, -0.1) is 0 Å². The number of ether oxygens (including phenoxy) is 1. The molecule has 0 unspecified atom stereocenters. The molecule has 0 radical (unpaired) electrons. The van der Waals surface area contributed by atoms with Gasteiger partial charge in [0, 0.05) is 49.6 Å². The number of amides is 2. The number of halogens is 2. The minimum absolute atomic E-state index is 0.0746. The maximum Gasteiger partial charge on any atom is 0.415 e. The summed E-state index contributed by atoms with van der Waals surface area (Å²) < 4.78 is 18.9. The van der Waals surface area contributed by atoms with Gasteiger partial charge in [0.25, 0.3) is 0 Å². The molecule has 3 aromatic rings. The van der Waals surface area contributed by atoms with E-state index in [4.69, 9.17) is 21.6 Å². The normalized spacial score (nSPS) is 20.9. The van der Waals surface area contributed by atoms with Gasteiger partial charge in [-0.1, -0.05) is 30.7 Å². The number of piperidine rings is 1. The number of hydrogen-bond donors (Lipinski definition) is 0. The zero-order valence-corrected chi connectivity index (χ0v) is 23.7. The molecule has 0 N–H and O–H groups in total. The number of benzene rings is 2. The number of nitrogens with zero attached hydrogens (tertiary/aromatic N) is 5. The van der Waals surface area contributed by atoms with Crippen LogP contribution in [0.15, 0.2) is 66.9 Å². The largest absolute Gasteiger partial charge is 0.415 e. The molecule has 2 saturated heterocycles. The maximum absolute atomic E-state index is 13.8. The Hall–Kier alpha value is -4.16. The molecule has 212 valence electrons. The van der Waals surface area contributed by atoms with E-state index >= 15 is 0 Å². The molecule has 0 saturated carbocycles. The summed E-state index contributed by atoms with van der Waals surface area (Å²) in [5.41, 5.74) is 1.70. The van der Waals surface area contributed by atoms with E-state index in [9.17, 15) is 14.0 Å². The van der Waals surface area contributed by atoms with Crippen LogP contribution in [0, 0.1) is 23.1 Å². The molecular weight excluding hydrogens is 545 g/mol. The molecule has 0 bridgehead atoms. The van der Waals surface area contributed by atoms with Crippen molar-refractivity contribution < 1.29 is 18.7 Å². The second-order valence-electron chi connectivity index (χ2n) is 10.9. The van der Waals surface area contributed by atoms with E-state index in [1.807, 2.05) is 41.3 Å². The Morgan fingerprint density at radius 1 is 1.10 bits per heavy atom. The van der Waals surface area contributed by atoms with Gasteiger partial charge in [0.05, 0.1) is 17.9 Å². The highest BCUT2D eigenvalue weighted by Gasteiger charge is 2.50. The summed E-state index contributed by atoms with van der Waals surface area (Å²) in [6.07, 6.45) is 2.50. The monoisotopic (exact) mass is 575 g/mol. The Labute approximate surface area is 243 Å². The summed E-state index contributed by atoms with van der Waals surface area (Å²) in [6, 6.07) is 18.0. The number of anilines is 1. The SMILES string of the molecule is CN(C(=O)Oc1ccc(F)cc1)[C@@H]1CN(C(=O)C2CCN(c3ccc(C#N)nc3)CC2)C[C@@]1(C)c1ccc(Cl)cc1. The average molecular weight is 576 g/mol. The van der Waals surface area contributed by atoms with Crippen molar-refractivity contribution in [2.45, 2.75) is 31.2 Å². The number of hydrogen-bond acceptors (Lipinski definition) is 6. The van der Waals surface area contributed by atoms with Crippen molar-refractivity contribution in [2.75, 3.05) is 38.1 Å². The first-order valence-electron chi connectivity index (χ1n) is 13.5. The van der Waals surface area contributed by atoms with E-state index in [-0.39, 0.29) is 23.6 Å². The first kappa shape index (κ1) is 28.4. The van der Waals surface area contributed by atoms with Gasteiger partial charge in [-0.2, -0.15) is 5.26 Å². The molecule has 1 aromatic heterocycles. The van der Waals surface area contributed by atoms with Gasteiger partial charge >= 0.3 is 6.09 Å². The zero-order chi connectivity index (χ0) is 29.1. The van der Waals surface area contributed by atoms with Gasteiger partial charge < -0.3 is 19.4 Å². The number of carbonyl (C=O) groups excluding carboxylic acids is 2. The third kappa shape index (κ3) is 5.98. The molecular formula is C31H31ClFN5O3.